The molecule has 0 aliphatic rings. The molecule has 0 aliphatic heterocycles. The van der Waals surface area contributed by atoms with Crippen LogP contribution in [0.4, 0.5) is 4.79 Å². The smallest absolute Gasteiger partial charge is 0.328 e. The van der Waals surface area contributed by atoms with Gasteiger partial charge < -0.3 is 15.0 Å². The Morgan fingerprint density at radius 2 is 1.84 bits per heavy atom. The lowest BCUT2D eigenvalue weighted by molar-refractivity contribution is -0.142. The van der Waals surface area contributed by atoms with E-state index < -0.39 is 6.04 Å². The van der Waals surface area contributed by atoms with Crippen molar-refractivity contribution in [2.24, 2.45) is 0 Å². The van der Waals surface area contributed by atoms with E-state index in [4.69, 9.17) is 4.74 Å². The fourth-order valence-electron chi connectivity index (χ4n) is 1.72. The molecule has 112 valence electrons. The summed E-state index contributed by atoms with van der Waals surface area (Å²) in [5, 5.41) is 2.77. The number of hydrogen-bond donors (Lipinski definition) is 1. The van der Waals surface area contributed by atoms with E-state index in [-0.39, 0.29) is 12.0 Å². The van der Waals surface area contributed by atoms with E-state index in [1.165, 1.54) is 7.11 Å². The molecule has 0 bridgehead atoms. The van der Waals surface area contributed by atoms with Crippen molar-refractivity contribution in [1.82, 2.24) is 10.2 Å². The summed E-state index contributed by atoms with van der Waals surface area (Å²) in [4.78, 5) is 25.5. The van der Waals surface area contributed by atoms with Gasteiger partial charge in [-0.3, -0.25) is 0 Å². The number of esters is 1. The van der Waals surface area contributed by atoms with Gasteiger partial charge in [0.1, 0.15) is 6.04 Å². The molecule has 5 nitrogen and oxygen atoms in total. The largest absolute Gasteiger partial charge is 0.467 e. The summed E-state index contributed by atoms with van der Waals surface area (Å²) in [6.07, 6.45) is 4.37. The Labute approximate surface area is 120 Å². The zero-order chi connectivity index (χ0) is 14.7. The van der Waals surface area contributed by atoms with Gasteiger partial charge in [-0.05, 0) is 31.3 Å². The average Bonchev–Trinajstić information content (AvgIpc) is 2.42. The van der Waals surface area contributed by atoms with Crippen LogP contribution in [0.3, 0.4) is 0 Å². The normalized spacial score (nSPS) is 11.8. The van der Waals surface area contributed by atoms with Gasteiger partial charge in [-0.1, -0.05) is 13.8 Å². The predicted molar refractivity (Wildman–Crippen MR) is 79.5 cm³/mol. The molecule has 0 saturated carbocycles. The lowest BCUT2D eigenvalue weighted by Crippen LogP contribution is -2.49. The number of urea groups is 1. The summed E-state index contributed by atoms with van der Waals surface area (Å²) in [5.74, 6) is 0.428. The first-order chi connectivity index (χ1) is 9.10. The van der Waals surface area contributed by atoms with Gasteiger partial charge in [-0.15, -0.1) is 0 Å². The summed E-state index contributed by atoms with van der Waals surface area (Å²) in [7, 11) is 1.34. The van der Waals surface area contributed by atoms with E-state index in [9.17, 15) is 9.59 Å². The molecule has 0 heterocycles. The summed E-state index contributed by atoms with van der Waals surface area (Å²) < 4.78 is 4.73. The standard InChI is InChI=1S/C13H26N2O3S/c1-5-8-15(9-6-2)13(17)14-11(7-10-19-4)12(16)18-3/h11H,5-10H2,1-4H3,(H,14,17). The highest BCUT2D eigenvalue weighted by Crippen LogP contribution is 2.04. The molecule has 1 N–H and O–H groups in total. The Balaban J connectivity index is 4.52. The summed E-state index contributed by atoms with van der Waals surface area (Å²) in [6, 6.07) is -0.735. The third-order valence-electron chi connectivity index (χ3n) is 2.67. The van der Waals surface area contributed by atoms with Crippen LogP contribution in [0.5, 0.6) is 0 Å². The minimum atomic E-state index is -0.554. The molecular formula is C13H26N2O3S. The SMILES string of the molecule is CCCN(CCC)C(=O)NC(CCSC)C(=O)OC. The predicted octanol–water partition coefficient (Wildman–Crippen LogP) is 2.11. The maximum atomic E-state index is 12.1. The Morgan fingerprint density at radius 3 is 2.26 bits per heavy atom. The van der Waals surface area contributed by atoms with Crippen molar-refractivity contribution in [1.29, 1.82) is 0 Å². The average molecular weight is 290 g/mol. The van der Waals surface area contributed by atoms with E-state index in [1.807, 2.05) is 20.1 Å². The highest BCUT2D eigenvalue weighted by molar-refractivity contribution is 7.98. The van der Waals surface area contributed by atoms with E-state index in [0.29, 0.717) is 19.5 Å². The zero-order valence-corrected chi connectivity index (χ0v) is 13.2. The fourth-order valence-corrected chi connectivity index (χ4v) is 2.19. The summed E-state index contributed by atoms with van der Waals surface area (Å²) >= 11 is 1.64. The van der Waals surface area contributed by atoms with Crippen LogP contribution >= 0.6 is 11.8 Å². The molecular weight excluding hydrogens is 264 g/mol. The number of thioether (sulfide) groups is 1. The van der Waals surface area contributed by atoms with Crippen LogP contribution in [0.1, 0.15) is 33.1 Å². The van der Waals surface area contributed by atoms with Crippen molar-refractivity contribution in [2.45, 2.75) is 39.2 Å². The van der Waals surface area contributed by atoms with Gasteiger partial charge >= 0.3 is 12.0 Å². The van der Waals surface area contributed by atoms with E-state index in [1.54, 1.807) is 16.7 Å². The molecule has 0 aromatic rings. The number of ether oxygens (including phenoxy) is 1. The maximum absolute atomic E-state index is 12.1. The van der Waals surface area contributed by atoms with Gasteiger partial charge in [0, 0.05) is 13.1 Å². The molecule has 0 aromatic heterocycles. The van der Waals surface area contributed by atoms with Crippen molar-refractivity contribution in [3.05, 3.63) is 0 Å². The van der Waals surface area contributed by atoms with E-state index in [2.05, 4.69) is 5.32 Å². The Hall–Kier alpha value is -0.910. The van der Waals surface area contributed by atoms with Crippen LogP contribution in [0, 0.1) is 0 Å². The third-order valence-corrected chi connectivity index (χ3v) is 3.31. The first-order valence-electron chi connectivity index (χ1n) is 6.72. The van der Waals surface area contributed by atoms with Gasteiger partial charge in [-0.25, -0.2) is 9.59 Å². The van der Waals surface area contributed by atoms with Gasteiger partial charge in [0.25, 0.3) is 0 Å². The molecule has 0 saturated heterocycles. The molecule has 6 heteroatoms. The number of nitrogens with zero attached hydrogens (tertiary/aromatic N) is 1. The van der Waals surface area contributed by atoms with Crippen molar-refractivity contribution in [2.75, 3.05) is 32.2 Å². The molecule has 0 radical (unpaired) electrons. The van der Waals surface area contributed by atoms with Crippen LogP contribution < -0.4 is 5.32 Å². The number of methoxy groups -OCH3 is 1. The Bertz CT molecular complexity index is 269. The highest BCUT2D eigenvalue weighted by Gasteiger charge is 2.23. The maximum Gasteiger partial charge on any atom is 0.328 e. The van der Waals surface area contributed by atoms with Crippen LogP contribution in [0.25, 0.3) is 0 Å². The van der Waals surface area contributed by atoms with Gasteiger partial charge in [0.15, 0.2) is 0 Å². The molecule has 1 atom stereocenters. The van der Waals surface area contributed by atoms with Gasteiger partial charge in [0.05, 0.1) is 7.11 Å². The van der Waals surface area contributed by atoms with Crippen molar-refractivity contribution in [3.63, 3.8) is 0 Å². The van der Waals surface area contributed by atoms with Gasteiger partial charge in [0.2, 0.25) is 0 Å². The first-order valence-corrected chi connectivity index (χ1v) is 8.12. The van der Waals surface area contributed by atoms with Crippen LogP contribution in [0.2, 0.25) is 0 Å². The highest BCUT2D eigenvalue weighted by atomic mass is 32.2. The molecule has 0 rings (SSSR count). The first kappa shape index (κ1) is 18.1. The summed E-state index contributed by atoms with van der Waals surface area (Å²) in [6.45, 7) is 5.47. The summed E-state index contributed by atoms with van der Waals surface area (Å²) in [5.41, 5.74) is 0. The molecule has 0 aliphatic carbocycles. The second-order valence-corrected chi connectivity index (χ2v) is 5.28. The molecule has 0 aromatic carbocycles. The lowest BCUT2D eigenvalue weighted by Gasteiger charge is -2.25. The number of rotatable bonds is 9. The van der Waals surface area contributed by atoms with Crippen LogP contribution in [-0.4, -0.2) is 55.2 Å². The number of amides is 2. The minimum absolute atomic E-state index is 0.180. The van der Waals surface area contributed by atoms with Crippen LogP contribution in [0.15, 0.2) is 0 Å². The van der Waals surface area contributed by atoms with Crippen molar-refractivity contribution < 1.29 is 14.3 Å². The molecule has 0 fully saturated rings. The van der Waals surface area contributed by atoms with E-state index >= 15 is 0 Å². The fraction of sp³-hybridized carbons (Fsp3) is 0.846. The Morgan fingerprint density at radius 1 is 1.26 bits per heavy atom. The second kappa shape index (κ2) is 11.0. The molecule has 1 unspecified atom stereocenters. The topological polar surface area (TPSA) is 58.6 Å². The monoisotopic (exact) mass is 290 g/mol. The quantitative estimate of drug-likeness (QED) is 0.661. The van der Waals surface area contributed by atoms with E-state index in [0.717, 1.165) is 18.6 Å². The minimum Gasteiger partial charge on any atom is -0.467 e. The second-order valence-electron chi connectivity index (χ2n) is 4.29. The lowest BCUT2D eigenvalue weighted by atomic mass is 10.2. The molecule has 2 amide bonds. The molecule has 0 spiro atoms. The Kier molecular flexibility index (Phi) is 10.4. The van der Waals surface area contributed by atoms with Crippen LogP contribution in [-0.2, 0) is 9.53 Å². The van der Waals surface area contributed by atoms with Gasteiger partial charge in [-0.2, -0.15) is 11.8 Å². The zero-order valence-electron chi connectivity index (χ0n) is 12.4. The molecule has 19 heavy (non-hydrogen) atoms. The number of carbonyl (C=O) groups is 2. The van der Waals surface area contributed by atoms with Crippen molar-refractivity contribution in [3.8, 4) is 0 Å². The number of carbonyl (C=O) groups excluding carboxylic acids is 2. The number of nitrogens with one attached hydrogen (secondary N) is 1. The number of hydrogen-bond acceptors (Lipinski definition) is 4. The third kappa shape index (κ3) is 7.30. The van der Waals surface area contributed by atoms with Crippen molar-refractivity contribution >= 4 is 23.8 Å².